The summed E-state index contributed by atoms with van der Waals surface area (Å²) < 4.78 is 0.598. The molecule has 1 aromatic rings. The lowest BCUT2D eigenvalue weighted by molar-refractivity contribution is -0.140. The minimum Gasteiger partial charge on any atom is -0.507 e. The molecule has 0 aromatic heterocycles. The summed E-state index contributed by atoms with van der Waals surface area (Å²) in [5.74, 6) is -0.708. The second-order valence-electron chi connectivity index (χ2n) is 4.19. The van der Waals surface area contributed by atoms with Crippen LogP contribution in [0.15, 0.2) is 22.7 Å². The average molecular weight is 302 g/mol. The van der Waals surface area contributed by atoms with Crippen LogP contribution in [0.25, 0.3) is 0 Å². The molecule has 1 atom stereocenters. The third kappa shape index (κ3) is 3.71. The summed E-state index contributed by atoms with van der Waals surface area (Å²) in [5, 5.41) is 21.5. The van der Waals surface area contributed by atoms with Crippen molar-refractivity contribution >= 4 is 21.9 Å². The first kappa shape index (κ1) is 14.0. The van der Waals surface area contributed by atoms with Crippen LogP contribution >= 0.6 is 15.9 Å². The van der Waals surface area contributed by atoms with Gasteiger partial charge in [-0.25, -0.2) is 0 Å². The van der Waals surface area contributed by atoms with Crippen LogP contribution < -0.4 is 5.32 Å². The zero-order valence-electron chi connectivity index (χ0n) is 9.77. The first-order chi connectivity index (χ1) is 7.93. The maximum Gasteiger partial charge on any atom is 0.320 e. The van der Waals surface area contributed by atoms with Gasteiger partial charge in [-0.2, -0.15) is 0 Å². The van der Waals surface area contributed by atoms with Crippen molar-refractivity contribution in [1.82, 2.24) is 5.32 Å². The molecular weight excluding hydrogens is 286 g/mol. The molecule has 0 bridgehead atoms. The second-order valence-corrected chi connectivity index (χ2v) is 4.98. The number of rotatable bonds is 5. The molecule has 17 heavy (non-hydrogen) atoms. The Bertz CT molecular complexity index is 407. The lowest BCUT2D eigenvalue weighted by Crippen LogP contribution is -2.40. The Labute approximate surface area is 109 Å². The topological polar surface area (TPSA) is 69.6 Å². The van der Waals surface area contributed by atoms with E-state index in [0.29, 0.717) is 11.0 Å². The highest BCUT2D eigenvalue weighted by molar-refractivity contribution is 9.10. The van der Waals surface area contributed by atoms with Gasteiger partial charge < -0.3 is 15.5 Å². The molecule has 5 heteroatoms. The van der Waals surface area contributed by atoms with E-state index in [2.05, 4.69) is 21.2 Å². The van der Waals surface area contributed by atoms with Crippen LogP contribution in [0.2, 0.25) is 0 Å². The number of carboxylic acid groups (broad SMARTS) is 1. The van der Waals surface area contributed by atoms with Gasteiger partial charge in [0.05, 0.1) is 4.47 Å². The van der Waals surface area contributed by atoms with Gasteiger partial charge in [0.2, 0.25) is 0 Å². The predicted octanol–water partition coefficient (Wildman–Crippen LogP) is 2.35. The van der Waals surface area contributed by atoms with Gasteiger partial charge in [0, 0.05) is 6.54 Å². The quantitative estimate of drug-likeness (QED) is 0.781. The molecule has 94 valence electrons. The maximum absolute atomic E-state index is 11.0. The molecule has 0 radical (unpaired) electrons. The standard InChI is InChI=1S/C12H16BrNO3/c1-7(2)11(12(16)17)14-6-8-4-3-5-9(15)10(8)13/h3-5,7,11,14-15H,6H2,1-2H3,(H,16,17)/t11-/m1/s1. The number of aliphatic carboxylic acids is 1. The highest BCUT2D eigenvalue weighted by Gasteiger charge is 2.20. The summed E-state index contributed by atoms with van der Waals surface area (Å²) in [4.78, 5) is 11.0. The molecule has 0 aliphatic carbocycles. The molecular formula is C12H16BrNO3. The van der Waals surface area contributed by atoms with Crippen LogP contribution in [0.4, 0.5) is 0 Å². The molecule has 0 fully saturated rings. The lowest BCUT2D eigenvalue weighted by atomic mass is 10.0. The third-order valence-electron chi connectivity index (χ3n) is 2.50. The van der Waals surface area contributed by atoms with E-state index in [1.807, 2.05) is 19.9 Å². The first-order valence-electron chi connectivity index (χ1n) is 5.36. The molecule has 3 N–H and O–H groups in total. The van der Waals surface area contributed by atoms with E-state index in [0.717, 1.165) is 5.56 Å². The van der Waals surface area contributed by atoms with Crippen LogP contribution in [0.1, 0.15) is 19.4 Å². The van der Waals surface area contributed by atoms with Crippen molar-refractivity contribution < 1.29 is 15.0 Å². The van der Waals surface area contributed by atoms with Crippen LogP contribution in [0.5, 0.6) is 5.75 Å². The van der Waals surface area contributed by atoms with Crippen LogP contribution in [0, 0.1) is 5.92 Å². The normalized spacial score (nSPS) is 12.7. The smallest absolute Gasteiger partial charge is 0.320 e. The molecule has 1 rings (SSSR count). The van der Waals surface area contributed by atoms with Crippen LogP contribution in [-0.2, 0) is 11.3 Å². The summed E-state index contributed by atoms with van der Waals surface area (Å²) in [6, 6.07) is 4.53. The van der Waals surface area contributed by atoms with Crippen LogP contribution in [0.3, 0.4) is 0 Å². The zero-order chi connectivity index (χ0) is 13.0. The van der Waals surface area contributed by atoms with Crippen LogP contribution in [-0.4, -0.2) is 22.2 Å². The summed E-state index contributed by atoms with van der Waals surface area (Å²) in [7, 11) is 0. The Hall–Kier alpha value is -1.07. The van der Waals surface area contributed by atoms with Crippen molar-refractivity contribution in [3.63, 3.8) is 0 Å². The minimum absolute atomic E-state index is 0.00332. The van der Waals surface area contributed by atoms with E-state index in [4.69, 9.17) is 5.11 Å². The molecule has 0 saturated heterocycles. The fourth-order valence-corrected chi connectivity index (χ4v) is 1.94. The number of aromatic hydroxyl groups is 1. The zero-order valence-corrected chi connectivity index (χ0v) is 11.4. The van der Waals surface area contributed by atoms with E-state index in [-0.39, 0.29) is 11.7 Å². The van der Waals surface area contributed by atoms with E-state index >= 15 is 0 Å². The Balaban J connectivity index is 2.72. The van der Waals surface area contributed by atoms with Crippen molar-refractivity contribution in [2.24, 2.45) is 5.92 Å². The number of phenols is 1. The number of phenolic OH excluding ortho intramolecular Hbond substituents is 1. The fraction of sp³-hybridized carbons (Fsp3) is 0.417. The van der Waals surface area contributed by atoms with Gasteiger partial charge in [0.25, 0.3) is 0 Å². The molecule has 0 heterocycles. The monoisotopic (exact) mass is 301 g/mol. The van der Waals surface area contributed by atoms with Crippen molar-refractivity contribution in [2.45, 2.75) is 26.4 Å². The van der Waals surface area contributed by atoms with Gasteiger partial charge in [-0.3, -0.25) is 4.79 Å². The Morgan fingerprint density at radius 2 is 2.12 bits per heavy atom. The Kier molecular flexibility index (Phi) is 4.96. The number of nitrogens with one attached hydrogen (secondary N) is 1. The molecule has 1 aromatic carbocycles. The number of halogens is 1. The molecule has 0 aliphatic heterocycles. The van der Waals surface area contributed by atoms with Gasteiger partial charge in [-0.05, 0) is 33.5 Å². The van der Waals surface area contributed by atoms with Crippen molar-refractivity contribution in [3.05, 3.63) is 28.2 Å². The predicted molar refractivity (Wildman–Crippen MR) is 68.9 cm³/mol. The number of carboxylic acids is 1. The minimum atomic E-state index is -0.865. The fourth-order valence-electron chi connectivity index (χ4n) is 1.53. The summed E-state index contributed by atoms with van der Waals surface area (Å²) in [6.07, 6.45) is 0. The van der Waals surface area contributed by atoms with Gasteiger partial charge in [0.15, 0.2) is 0 Å². The maximum atomic E-state index is 11.0. The summed E-state index contributed by atoms with van der Waals surface area (Å²) in [6.45, 7) is 4.09. The molecule has 0 aliphatic rings. The van der Waals surface area contributed by atoms with Gasteiger partial charge >= 0.3 is 5.97 Å². The molecule has 0 spiro atoms. The Morgan fingerprint density at radius 1 is 1.47 bits per heavy atom. The summed E-state index contributed by atoms with van der Waals surface area (Å²) in [5.41, 5.74) is 0.830. The number of carbonyl (C=O) groups is 1. The largest absolute Gasteiger partial charge is 0.507 e. The highest BCUT2D eigenvalue weighted by atomic mass is 79.9. The SMILES string of the molecule is CC(C)[C@@H](NCc1cccc(O)c1Br)C(=O)O. The van der Waals surface area contributed by atoms with Gasteiger partial charge in [-0.15, -0.1) is 0 Å². The van der Waals surface area contributed by atoms with E-state index in [1.165, 1.54) is 0 Å². The van der Waals surface area contributed by atoms with Gasteiger partial charge in [0.1, 0.15) is 11.8 Å². The van der Waals surface area contributed by atoms with Crippen molar-refractivity contribution in [3.8, 4) is 5.75 Å². The number of hydrogen-bond acceptors (Lipinski definition) is 3. The van der Waals surface area contributed by atoms with E-state index in [1.54, 1.807) is 12.1 Å². The third-order valence-corrected chi connectivity index (χ3v) is 3.42. The number of hydrogen-bond donors (Lipinski definition) is 3. The molecule has 0 amide bonds. The molecule has 0 unspecified atom stereocenters. The molecule has 4 nitrogen and oxygen atoms in total. The Morgan fingerprint density at radius 3 is 2.65 bits per heavy atom. The second kappa shape index (κ2) is 6.02. The van der Waals surface area contributed by atoms with Crippen molar-refractivity contribution in [1.29, 1.82) is 0 Å². The number of benzene rings is 1. The van der Waals surface area contributed by atoms with E-state index in [9.17, 15) is 9.90 Å². The van der Waals surface area contributed by atoms with E-state index < -0.39 is 12.0 Å². The highest BCUT2D eigenvalue weighted by Crippen LogP contribution is 2.27. The molecule has 0 saturated carbocycles. The van der Waals surface area contributed by atoms with Gasteiger partial charge in [-0.1, -0.05) is 26.0 Å². The summed E-state index contributed by atoms with van der Waals surface area (Å²) >= 11 is 3.27. The lowest BCUT2D eigenvalue weighted by Gasteiger charge is -2.18. The van der Waals surface area contributed by atoms with Crippen molar-refractivity contribution in [2.75, 3.05) is 0 Å². The average Bonchev–Trinajstić information content (AvgIpc) is 2.23. The first-order valence-corrected chi connectivity index (χ1v) is 6.15.